The van der Waals surface area contributed by atoms with E-state index in [0.29, 0.717) is 27.5 Å². The number of allylic oxidation sites excluding steroid dienone is 1. The zero-order valence-corrected chi connectivity index (χ0v) is 17.3. The van der Waals surface area contributed by atoms with Crippen molar-refractivity contribution >= 4 is 50.4 Å². The van der Waals surface area contributed by atoms with Crippen LogP contribution in [0, 0.1) is 0 Å². The monoisotopic (exact) mass is 424 g/mol. The molecule has 3 heterocycles. The van der Waals surface area contributed by atoms with E-state index >= 15 is 0 Å². The van der Waals surface area contributed by atoms with Gasteiger partial charge in [-0.15, -0.1) is 29.3 Å². The second-order valence-corrected chi connectivity index (χ2v) is 8.73. The third kappa shape index (κ3) is 3.61. The summed E-state index contributed by atoms with van der Waals surface area (Å²) in [6.07, 6.45) is 1.68. The number of thiophene rings is 2. The summed E-state index contributed by atoms with van der Waals surface area (Å²) in [5, 5.41) is 5.15. The van der Waals surface area contributed by atoms with Crippen molar-refractivity contribution in [3.05, 3.63) is 81.8 Å². The largest absolute Gasteiger partial charge is 0.293 e. The van der Waals surface area contributed by atoms with E-state index in [4.69, 9.17) is 4.98 Å². The van der Waals surface area contributed by atoms with Crippen molar-refractivity contribution < 1.29 is 4.79 Å². The van der Waals surface area contributed by atoms with Crippen molar-refractivity contribution in [3.63, 3.8) is 0 Å². The Balaban J connectivity index is 1.72. The van der Waals surface area contributed by atoms with E-state index in [1.807, 2.05) is 41.1 Å². The molecule has 28 heavy (non-hydrogen) atoms. The number of thioether (sulfide) groups is 1. The fraction of sp³-hybridized carbons (Fsp3) is 0.0952. The molecule has 0 fully saturated rings. The van der Waals surface area contributed by atoms with Gasteiger partial charge in [-0.1, -0.05) is 54.2 Å². The molecule has 0 spiro atoms. The first-order chi connectivity index (χ1) is 13.7. The number of benzene rings is 1. The number of aromatic nitrogens is 2. The van der Waals surface area contributed by atoms with Crippen LogP contribution >= 0.6 is 34.4 Å². The van der Waals surface area contributed by atoms with Crippen LogP contribution in [0.3, 0.4) is 0 Å². The van der Waals surface area contributed by atoms with Gasteiger partial charge in [-0.25, -0.2) is 4.98 Å². The minimum atomic E-state index is -0.0933. The van der Waals surface area contributed by atoms with E-state index in [9.17, 15) is 9.59 Å². The summed E-state index contributed by atoms with van der Waals surface area (Å²) in [7, 11) is 0. The standard InChI is InChI=1S/C21H16N2O2S3/c1-2-10-23-20(25)18-15(17-9-6-11-26-17)12-27-19(18)22-21(23)28-13-16(24)14-7-4-3-5-8-14/h2-9,11-12H,1,10,13H2. The molecule has 0 aliphatic carbocycles. The van der Waals surface area contributed by atoms with Crippen molar-refractivity contribution in [1.29, 1.82) is 0 Å². The molecule has 0 saturated carbocycles. The molecule has 4 aromatic rings. The van der Waals surface area contributed by atoms with Gasteiger partial charge in [-0.2, -0.15) is 0 Å². The number of Topliss-reactive ketones (excluding diaryl/α,β-unsaturated/α-hetero) is 1. The Morgan fingerprint density at radius 3 is 2.71 bits per heavy atom. The van der Waals surface area contributed by atoms with Crippen molar-refractivity contribution in [1.82, 2.24) is 9.55 Å². The summed E-state index contributed by atoms with van der Waals surface area (Å²) in [6.45, 7) is 4.11. The van der Waals surface area contributed by atoms with Crippen LogP contribution in [0.15, 0.2) is 75.8 Å². The Bertz CT molecular complexity index is 1190. The molecule has 7 heteroatoms. The lowest BCUT2D eigenvalue weighted by Gasteiger charge is -2.10. The highest BCUT2D eigenvalue weighted by Gasteiger charge is 2.18. The van der Waals surface area contributed by atoms with Crippen LogP contribution in [0.5, 0.6) is 0 Å². The molecule has 0 unspecified atom stereocenters. The molecule has 0 aliphatic rings. The number of ketones is 1. The van der Waals surface area contributed by atoms with Gasteiger partial charge in [-0.3, -0.25) is 14.2 Å². The van der Waals surface area contributed by atoms with Gasteiger partial charge in [-0.05, 0) is 11.4 Å². The van der Waals surface area contributed by atoms with Crippen LogP contribution in [-0.2, 0) is 6.54 Å². The summed E-state index contributed by atoms with van der Waals surface area (Å²) in [4.78, 5) is 32.1. The van der Waals surface area contributed by atoms with Gasteiger partial charge in [0.15, 0.2) is 10.9 Å². The summed E-state index contributed by atoms with van der Waals surface area (Å²) < 4.78 is 1.60. The fourth-order valence-corrected chi connectivity index (χ4v) is 5.56. The maximum Gasteiger partial charge on any atom is 0.263 e. The van der Waals surface area contributed by atoms with Crippen LogP contribution in [0.4, 0.5) is 0 Å². The number of rotatable bonds is 7. The molecule has 0 saturated heterocycles. The Kier molecular flexibility index (Phi) is 5.57. The average Bonchev–Trinajstić information content (AvgIpc) is 3.39. The predicted octanol–water partition coefficient (Wildman–Crippen LogP) is 5.35. The van der Waals surface area contributed by atoms with Crippen molar-refractivity contribution in [2.75, 3.05) is 5.75 Å². The van der Waals surface area contributed by atoms with E-state index in [1.165, 1.54) is 23.1 Å². The lowest BCUT2D eigenvalue weighted by Crippen LogP contribution is -2.23. The average molecular weight is 425 g/mol. The fourth-order valence-electron chi connectivity index (χ4n) is 2.86. The molecule has 4 rings (SSSR count). The van der Waals surface area contributed by atoms with Crippen molar-refractivity contribution in [3.8, 4) is 10.4 Å². The molecule has 0 radical (unpaired) electrons. The Morgan fingerprint density at radius 2 is 2.00 bits per heavy atom. The highest BCUT2D eigenvalue weighted by molar-refractivity contribution is 7.99. The SMILES string of the molecule is C=CCn1c(SCC(=O)c2ccccc2)nc2scc(-c3cccs3)c2c1=O. The van der Waals surface area contributed by atoms with E-state index in [2.05, 4.69) is 6.58 Å². The minimum Gasteiger partial charge on any atom is -0.293 e. The first-order valence-corrected chi connectivity index (χ1v) is 11.3. The third-order valence-corrected chi connectivity index (χ3v) is 6.94. The summed E-state index contributed by atoms with van der Waals surface area (Å²) in [5.74, 6) is 0.234. The van der Waals surface area contributed by atoms with Crippen LogP contribution in [0.25, 0.3) is 20.7 Å². The maximum absolute atomic E-state index is 13.2. The molecule has 0 N–H and O–H groups in total. The molecule has 0 bridgehead atoms. The molecular formula is C21H16N2O2S3. The number of carbonyl (C=O) groups excluding carboxylic acids is 1. The molecule has 0 aliphatic heterocycles. The number of nitrogens with zero attached hydrogens (tertiary/aromatic N) is 2. The van der Waals surface area contributed by atoms with Gasteiger partial charge in [0.1, 0.15) is 4.83 Å². The number of hydrogen-bond donors (Lipinski definition) is 0. The smallest absolute Gasteiger partial charge is 0.263 e. The zero-order valence-electron chi connectivity index (χ0n) is 14.8. The van der Waals surface area contributed by atoms with E-state index < -0.39 is 0 Å². The number of fused-ring (bicyclic) bond motifs is 1. The first kappa shape index (κ1) is 18.9. The molecule has 4 nitrogen and oxygen atoms in total. The van der Waals surface area contributed by atoms with Crippen LogP contribution < -0.4 is 5.56 Å². The van der Waals surface area contributed by atoms with E-state index in [-0.39, 0.29) is 17.1 Å². The van der Waals surface area contributed by atoms with Gasteiger partial charge in [0.25, 0.3) is 5.56 Å². The molecule has 0 atom stereocenters. The van der Waals surface area contributed by atoms with Gasteiger partial charge in [0.2, 0.25) is 0 Å². The summed E-state index contributed by atoms with van der Waals surface area (Å²) in [6, 6.07) is 13.1. The van der Waals surface area contributed by atoms with Gasteiger partial charge < -0.3 is 0 Å². The second kappa shape index (κ2) is 8.26. The molecule has 1 aromatic carbocycles. The Labute approximate surface area is 174 Å². The third-order valence-electron chi connectivity index (χ3n) is 4.19. The lowest BCUT2D eigenvalue weighted by atomic mass is 10.2. The van der Waals surface area contributed by atoms with Crippen molar-refractivity contribution in [2.45, 2.75) is 11.7 Å². The van der Waals surface area contributed by atoms with Crippen LogP contribution in [0.1, 0.15) is 10.4 Å². The van der Waals surface area contributed by atoms with Crippen molar-refractivity contribution in [2.24, 2.45) is 0 Å². The predicted molar refractivity (Wildman–Crippen MR) is 119 cm³/mol. The summed E-state index contributed by atoms with van der Waals surface area (Å²) in [5.41, 5.74) is 1.48. The van der Waals surface area contributed by atoms with Gasteiger partial charge in [0.05, 0.1) is 11.1 Å². The highest BCUT2D eigenvalue weighted by atomic mass is 32.2. The molecule has 3 aromatic heterocycles. The quantitative estimate of drug-likeness (QED) is 0.174. The van der Waals surface area contributed by atoms with E-state index in [0.717, 1.165) is 10.4 Å². The van der Waals surface area contributed by atoms with Gasteiger partial charge in [0, 0.05) is 27.9 Å². The zero-order chi connectivity index (χ0) is 19.5. The Morgan fingerprint density at radius 1 is 1.18 bits per heavy atom. The van der Waals surface area contributed by atoms with E-state index in [1.54, 1.807) is 34.1 Å². The Hall–Kier alpha value is -2.48. The number of carbonyl (C=O) groups is 1. The second-order valence-electron chi connectivity index (χ2n) is 5.98. The molecule has 0 amide bonds. The lowest BCUT2D eigenvalue weighted by molar-refractivity contribution is 0.102. The highest BCUT2D eigenvalue weighted by Crippen LogP contribution is 2.34. The maximum atomic E-state index is 13.2. The summed E-state index contributed by atoms with van der Waals surface area (Å²) >= 11 is 4.35. The van der Waals surface area contributed by atoms with Gasteiger partial charge >= 0.3 is 0 Å². The minimum absolute atomic E-state index is 0.00977. The van der Waals surface area contributed by atoms with Crippen LogP contribution in [-0.4, -0.2) is 21.1 Å². The first-order valence-electron chi connectivity index (χ1n) is 8.57. The topological polar surface area (TPSA) is 52.0 Å². The number of hydrogen-bond acceptors (Lipinski definition) is 6. The van der Waals surface area contributed by atoms with Crippen LogP contribution in [0.2, 0.25) is 0 Å². The molecular weight excluding hydrogens is 408 g/mol. The normalized spacial score (nSPS) is 11.0. The molecule has 140 valence electrons.